The second kappa shape index (κ2) is 12.8. The van der Waals surface area contributed by atoms with Crippen molar-refractivity contribution in [3.8, 4) is 5.75 Å². The number of piperazine rings is 1. The van der Waals surface area contributed by atoms with Gasteiger partial charge in [0.1, 0.15) is 17.9 Å². The molecule has 0 aliphatic carbocycles. The molecule has 2 N–H and O–H groups in total. The lowest BCUT2D eigenvalue weighted by molar-refractivity contribution is 0.0982. The fourth-order valence-electron chi connectivity index (χ4n) is 6.18. The average Bonchev–Trinajstić information content (AvgIpc) is 2.95. The van der Waals surface area contributed by atoms with Crippen LogP contribution in [-0.2, 0) is 4.57 Å². The fourth-order valence-corrected chi connectivity index (χ4v) is 7.95. The predicted octanol–water partition coefficient (Wildman–Crippen LogP) is 5.71. The van der Waals surface area contributed by atoms with Crippen LogP contribution in [0.25, 0.3) is 0 Å². The van der Waals surface area contributed by atoms with Crippen LogP contribution in [0.3, 0.4) is 0 Å². The third-order valence-electron chi connectivity index (χ3n) is 8.40. The molecule has 2 aliphatic heterocycles. The molecule has 42 heavy (non-hydrogen) atoms. The Morgan fingerprint density at radius 3 is 2.36 bits per heavy atom. The highest BCUT2D eigenvalue weighted by Crippen LogP contribution is 2.41. The maximum atomic E-state index is 13.0. The quantitative estimate of drug-likeness (QED) is 0.311. The average molecular weight is 612 g/mol. The van der Waals surface area contributed by atoms with Gasteiger partial charge in [-0.3, -0.25) is 4.90 Å². The van der Waals surface area contributed by atoms with E-state index >= 15 is 0 Å². The van der Waals surface area contributed by atoms with Crippen LogP contribution in [0.15, 0.2) is 36.5 Å². The highest BCUT2D eigenvalue weighted by atomic mass is 35.5. The second-order valence-corrected chi connectivity index (χ2v) is 15.4. The second-order valence-electron chi connectivity index (χ2n) is 11.9. The van der Waals surface area contributed by atoms with Crippen LogP contribution >= 0.6 is 18.7 Å². The number of hydrogen-bond donors (Lipinski definition) is 2. The summed E-state index contributed by atoms with van der Waals surface area (Å²) in [5.74, 6) is 1.54. The Hall–Kier alpha value is -2.84. The van der Waals surface area contributed by atoms with Gasteiger partial charge < -0.3 is 29.7 Å². The molecule has 0 bridgehead atoms. The summed E-state index contributed by atoms with van der Waals surface area (Å²) in [4.78, 5) is 16.7. The number of aryl methyl sites for hydroxylation is 2. The molecular formula is C31H43ClN7O2P. The lowest BCUT2D eigenvalue weighted by atomic mass is 10.0. The summed E-state index contributed by atoms with van der Waals surface area (Å²) in [5, 5.41) is 7.78. The molecule has 226 valence electrons. The zero-order valence-corrected chi connectivity index (χ0v) is 27.2. The molecule has 2 aromatic carbocycles. The van der Waals surface area contributed by atoms with Crippen molar-refractivity contribution < 1.29 is 9.30 Å². The topological polar surface area (TPSA) is 85.9 Å². The van der Waals surface area contributed by atoms with Crippen LogP contribution in [0, 0.1) is 13.8 Å². The molecule has 3 aromatic rings. The first-order chi connectivity index (χ1) is 20.0. The minimum absolute atomic E-state index is 0.369. The maximum Gasteiger partial charge on any atom is 0.229 e. The van der Waals surface area contributed by atoms with E-state index in [2.05, 4.69) is 61.4 Å². The van der Waals surface area contributed by atoms with E-state index in [4.69, 9.17) is 16.3 Å². The van der Waals surface area contributed by atoms with Crippen LogP contribution in [0.1, 0.15) is 24.0 Å². The molecule has 2 fully saturated rings. The van der Waals surface area contributed by atoms with Gasteiger partial charge in [0.05, 0.1) is 24.7 Å². The first kappa shape index (κ1) is 30.6. The van der Waals surface area contributed by atoms with E-state index in [1.807, 2.05) is 25.1 Å². The Morgan fingerprint density at radius 2 is 1.69 bits per heavy atom. The van der Waals surface area contributed by atoms with Gasteiger partial charge in [0, 0.05) is 62.4 Å². The van der Waals surface area contributed by atoms with Gasteiger partial charge in [0.15, 0.2) is 5.82 Å². The van der Waals surface area contributed by atoms with Crippen LogP contribution in [0.5, 0.6) is 5.75 Å². The highest BCUT2D eigenvalue weighted by Gasteiger charge is 2.28. The molecule has 0 radical (unpaired) electrons. The Kier molecular flexibility index (Phi) is 9.33. The number of benzene rings is 2. The highest BCUT2D eigenvalue weighted by molar-refractivity contribution is 7.70. The molecule has 0 atom stereocenters. The van der Waals surface area contributed by atoms with Gasteiger partial charge in [-0.25, -0.2) is 4.98 Å². The number of methoxy groups -OCH3 is 1. The van der Waals surface area contributed by atoms with Crippen molar-refractivity contribution in [1.29, 1.82) is 0 Å². The zero-order chi connectivity index (χ0) is 30.0. The molecule has 0 unspecified atom stereocenters. The largest absolute Gasteiger partial charge is 0.494 e. The number of likely N-dealkylation sites (N-methyl/N-ethyl adjacent to an activating group) is 1. The minimum atomic E-state index is -2.55. The fraction of sp³-hybridized carbons (Fsp3) is 0.484. The SMILES string of the molecule is COc1cc(N2CCC(N3CCN(C)CC3)CC2)c(C)cc1Nc1ncc(Cl)c(Nc2cccc(C)c2P(C)(C)=O)n1. The molecule has 11 heteroatoms. The minimum Gasteiger partial charge on any atom is -0.494 e. The van der Waals surface area contributed by atoms with E-state index in [9.17, 15) is 4.57 Å². The van der Waals surface area contributed by atoms with Crippen LogP contribution in [0.4, 0.5) is 28.8 Å². The third-order valence-corrected chi connectivity index (χ3v) is 10.3. The third kappa shape index (κ3) is 6.86. The van der Waals surface area contributed by atoms with E-state index in [0.717, 1.165) is 59.7 Å². The van der Waals surface area contributed by atoms with Crippen molar-refractivity contribution in [2.75, 3.05) is 82.3 Å². The Bertz CT molecular complexity index is 1460. The standard InChI is InChI=1S/C31H43ClN7O2P/c1-21-8-7-9-25(29(21)42(5,6)40)34-30-24(32)20-33-31(36-30)35-26-18-22(2)27(19-28(26)41-4)39-12-10-23(11-13-39)38-16-14-37(3)15-17-38/h7-9,18-20,23H,10-17H2,1-6H3,(H2,33,34,35,36). The number of hydrogen-bond acceptors (Lipinski definition) is 9. The van der Waals surface area contributed by atoms with Crippen molar-refractivity contribution in [3.05, 3.63) is 52.7 Å². The monoisotopic (exact) mass is 611 g/mol. The molecule has 2 aliphatic rings. The molecule has 0 spiro atoms. The first-order valence-corrected chi connectivity index (χ1v) is 17.6. The van der Waals surface area contributed by atoms with Gasteiger partial charge in [-0.15, -0.1) is 0 Å². The Morgan fingerprint density at radius 1 is 0.976 bits per heavy atom. The number of aromatic nitrogens is 2. The molecule has 3 heterocycles. The molecule has 5 rings (SSSR count). The summed E-state index contributed by atoms with van der Waals surface area (Å²) in [6.45, 7) is 14.4. The van der Waals surface area contributed by atoms with Crippen molar-refractivity contribution in [3.63, 3.8) is 0 Å². The Balaban J connectivity index is 1.32. The van der Waals surface area contributed by atoms with E-state index in [1.165, 1.54) is 31.6 Å². The van der Waals surface area contributed by atoms with Crippen LogP contribution < -0.4 is 25.6 Å². The van der Waals surface area contributed by atoms with Crippen LogP contribution in [-0.4, -0.2) is 92.6 Å². The number of nitrogens with zero attached hydrogens (tertiary/aromatic N) is 5. The summed E-state index contributed by atoms with van der Waals surface area (Å²) in [6.07, 6.45) is 3.91. The van der Waals surface area contributed by atoms with Crippen molar-refractivity contribution in [1.82, 2.24) is 19.8 Å². The van der Waals surface area contributed by atoms with Gasteiger partial charge in [-0.05, 0) is 70.3 Å². The zero-order valence-electron chi connectivity index (χ0n) is 25.6. The molecule has 2 saturated heterocycles. The summed E-state index contributed by atoms with van der Waals surface area (Å²) in [5.41, 5.74) is 4.82. The summed E-state index contributed by atoms with van der Waals surface area (Å²) >= 11 is 6.49. The van der Waals surface area contributed by atoms with Crippen molar-refractivity contribution in [2.24, 2.45) is 0 Å². The van der Waals surface area contributed by atoms with Gasteiger partial charge in [0.2, 0.25) is 5.95 Å². The van der Waals surface area contributed by atoms with Gasteiger partial charge in [0.25, 0.3) is 0 Å². The van der Waals surface area contributed by atoms with E-state index in [1.54, 1.807) is 26.6 Å². The van der Waals surface area contributed by atoms with E-state index < -0.39 is 7.14 Å². The number of nitrogens with one attached hydrogen (secondary N) is 2. The predicted molar refractivity (Wildman–Crippen MR) is 176 cm³/mol. The summed E-state index contributed by atoms with van der Waals surface area (Å²) in [7, 11) is 1.35. The molecule has 0 amide bonds. The van der Waals surface area contributed by atoms with E-state index in [0.29, 0.717) is 22.8 Å². The normalized spacial score (nSPS) is 17.4. The van der Waals surface area contributed by atoms with Crippen molar-refractivity contribution >= 4 is 52.9 Å². The smallest absolute Gasteiger partial charge is 0.229 e. The molecule has 9 nitrogen and oxygen atoms in total. The number of piperidine rings is 1. The molecule has 1 aromatic heterocycles. The summed E-state index contributed by atoms with van der Waals surface area (Å²) in [6, 6.07) is 10.7. The van der Waals surface area contributed by atoms with Crippen LogP contribution in [0.2, 0.25) is 5.02 Å². The molecular weight excluding hydrogens is 569 g/mol. The number of anilines is 5. The van der Waals surface area contributed by atoms with Gasteiger partial charge in [-0.2, -0.15) is 4.98 Å². The van der Waals surface area contributed by atoms with E-state index in [-0.39, 0.29) is 0 Å². The number of halogens is 1. The molecule has 0 saturated carbocycles. The lowest BCUT2D eigenvalue weighted by Gasteiger charge is -2.43. The summed E-state index contributed by atoms with van der Waals surface area (Å²) < 4.78 is 18.9. The number of ether oxygens (including phenoxy) is 1. The lowest BCUT2D eigenvalue weighted by Crippen LogP contribution is -2.52. The first-order valence-electron chi connectivity index (χ1n) is 14.6. The number of rotatable bonds is 8. The Labute approximate surface area is 255 Å². The van der Waals surface area contributed by atoms with Gasteiger partial charge in [-0.1, -0.05) is 23.7 Å². The van der Waals surface area contributed by atoms with Crippen molar-refractivity contribution in [2.45, 2.75) is 32.7 Å². The maximum absolute atomic E-state index is 13.0. The van der Waals surface area contributed by atoms with Gasteiger partial charge >= 0.3 is 0 Å².